The lowest BCUT2D eigenvalue weighted by molar-refractivity contribution is -0.384. The third-order valence-corrected chi connectivity index (χ3v) is 4.68. The van der Waals surface area contributed by atoms with Gasteiger partial charge in [-0.05, 0) is 30.3 Å². The van der Waals surface area contributed by atoms with Gasteiger partial charge in [0, 0.05) is 49.6 Å². The molecule has 0 radical (unpaired) electrons. The Morgan fingerprint density at radius 2 is 1.89 bits per heavy atom. The molecule has 148 valence electrons. The largest absolute Gasteiger partial charge is 0.496 e. The van der Waals surface area contributed by atoms with Gasteiger partial charge in [0.1, 0.15) is 11.6 Å². The molecule has 0 saturated carbocycles. The predicted molar refractivity (Wildman–Crippen MR) is 105 cm³/mol. The van der Waals surface area contributed by atoms with E-state index >= 15 is 0 Å². The van der Waals surface area contributed by atoms with Crippen molar-refractivity contribution in [2.45, 2.75) is 6.54 Å². The standard InChI is InChI=1S/C19H22FN5O3/c1-28-18-7-6-17(25(26)27)12-14(18)13-22-19(21)24-10-8-23(9-11-24)16-4-2-15(20)3-5-16/h2-7,12H,8-11,13H2,1H3,(H2,21,22). The summed E-state index contributed by atoms with van der Waals surface area (Å²) >= 11 is 0. The summed E-state index contributed by atoms with van der Waals surface area (Å²) in [4.78, 5) is 19.0. The fraction of sp³-hybridized carbons (Fsp3) is 0.316. The van der Waals surface area contributed by atoms with Crippen LogP contribution in [0.3, 0.4) is 0 Å². The topological polar surface area (TPSA) is 97.2 Å². The number of rotatable bonds is 5. The van der Waals surface area contributed by atoms with E-state index in [0.29, 0.717) is 30.4 Å². The lowest BCUT2D eigenvalue weighted by Gasteiger charge is -2.36. The third kappa shape index (κ3) is 4.48. The van der Waals surface area contributed by atoms with Crippen molar-refractivity contribution in [1.82, 2.24) is 4.90 Å². The van der Waals surface area contributed by atoms with Crippen molar-refractivity contribution in [3.05, 3.63) is 64.0 Å². The Morgan fingerprint density at radius 1 is 1.21 bits per heavy atom. The zero-order valence-corrected chi connectivity index (χ0v) is 15.5. The van der Waals surface area contributed by atoms with Gasteiger partial charge in [-0.25, -0.2) is 9.38 Å². The lowest BCUT2D eigenvalue weighted by Crippen LogP contribution is -2.51. The molecule has 8 nitrogen and oxygen atoms in total. The van der Waals surface area contributed by atoms with E-state index in [9.17, 15) is 14.5 Å². The number of nitro groups is 1. The Kier molecular flexibility index (Phi) is 5.93. The maximum atomic E-state index is 13.1. The van der Waals surface area contributed by atoms with Gasteiger partial charge in [-0.1, -0.05) is 0 Å². The zero-order chi connectivity index (χ0) is 20.1. The zero-order valence-electron chi connectivity index (χ0n) is 15.5. The second-order valence-electron chi connectivity index (χ2n) is 6.38. The summed E-state index contributed by atoms with van der Waals surface area (Å²) in [6.07, 6.45) is 0. The molecule has 1 aliphatic rings. The number of piperazine rings is 1. The van der Waals surface area contributed by atoms with Crippen LogP contribution in [0.25, 0.3) is 0 Å². The number of halogens is 1. The van der Waals surface area contributed by atoms with Crippen molar-refractivity contribution < 1.29 is 14.1 Å². The van der Waals surface area contributed by atoms with Crippen molar-refractivity contribution >= 4 is 17.3 Å². The molecule has 0 aliphatic carbocycles. The number of ether oxygens (including phenoxy) is 1. The van der Waals surface area contributed by atoms with Crippen LogP contribution < -0.4 is 15.4 Å². The normalized spacial score (nSPS) is 14.9. The molecule has 2 N–H and O–H groups in total. The molecule has 0 amide bonds. The SMILES string of the molecule is COc1ccc([N+](=O)[O-])cc1CN=C(N)N1CCN(c2ccc(F)cc2)CC1. The number of hydrogen-bond acceptors (Lipinski definition) is 5. The molecule has 0 bridgehead atoms. The number of benzene rings is 2. The fourth-order valence-electron chi connectivity index (χ4n) is 3.11. The monoisotopic (exact) mass is 387 g/mol. The smallest absolute Gasteiger partial charge is 0.270 e. The molecule has 2 aromatic rings. The summed E-state index contributed by atoms with van der Waals surface area (Å²) < 4.78 is 18.3. The first kappa shape index (κ1) is 19.4. The Balaban J connectivity index is 1.63. The molecule has 1 fully saturated rings. The van der Waals surface area contributed by atoms with Gasteiger partial charge in [0.2, 0.25) is 0 Å². The van der Waals surface area contributed by atoms with E-state index in [4.69, 9.17) is 10.5 Å². The van der Waals surface area contributed by atoms with Crippen molar-refractivity contribution in [2.24, 2.45) is 10.7 Å². The number of nitrogens with two attached hydrogens (primary N) is 1. The van der Waals surface area contributed by atoms with Gasteiger partial charge in [0.15, 0.2) is 5.96 Å². The van der Waals surface area contributed by atoms with Crippen LogP contribution in [0.4, 0.5) is 15.8 Å². The van der Waals surface area contributed by atoms with Crippen LogP contribution in [-0.4, -0.2) is 49.1 Å². The molecular formula is C19H22FN5O3. The van der Waals surface area contributed by atoms with E-state index in [1.165, 1.54) is 31.4 Å². The summed E-state index contributed by atoms with van der Waals surface area (Å²) in [6, 6.07) is 10.8. The highest BCUT2D eigenvalue weighted by Gasteiger charge is 2.19. The highest BCUT2D eigenvalue weighted by atomic mass is 19.1. The number of methoxy groups -OCH3 is 1. The average Bonchev–Trinajstić information content (AvgIpc) is 2.72. The van der Waals surface area contributed by atoms with Crippen LogP contribution in [0, 0.1) is 15.9 Å². The maximum absolute atomic E-state index is 13.1. The first-order valence-corrected chi connectivity index (χ1v) is 8.84. The minimum absolute atomic E-state index is 0.0162. The Morgan fingerprint density at radius 3 is 2.50 bits per heavy atom. The molecule has 0 atom stereocenters. The minimum Gasteiger partial charge on any atom is -0.496 e. The highest BCUT2D eigenvalue weighted by molar-refractivity contribution is 5.78. The van der Waals surface area contributed by atoms with E-state index in [1.807, 2.05) is 4.90 Å². The lowest BCUT2D eigenvalue weighted by atomic mass is 10.2. The summed E-state index contributed by atoms with van der Waals surface area (Å²) in [5.41, 5.74) is 7.68. The molecule has 1 aliphatic heterocycles. The van der Waals surface area contributed by atoms with Crippen LogP contribution in [0.1, 0.15) is 5.56 Å². The van der Waals surface area contributed by atoms with Gasteiger partial charge >= 0.3 is 0 Å². The Bertz CT molecular complexity index is 864. The van der Waals surface area contributed by atoms with Gasteiger partial charge in [-0.3, -0.25) is 10.1 Å². The number of non-ortho nitro benzene ring substituents is 1. The molecule has 28 heavy (non-hydrogen) atoms. The van der Waals surface area contributed by atoms with Crippen molar-refractivity contribution in [3.8, 4) is 5.75 Å². The van der Waals surface area contributed by atoms with Crippen LogP contribution in [0.2, 0.25) is 0 Å². The molecule has 1 saturated heterocycles. The number of hydrogen-bond donors (Lipinski definition) is 1. The molecule has 0 aromatic heterocycles. The quantitative estimate of drug-likeness (QED) is 0.366. The number of nitro benzene ring substituents is 1. The fourth-order valence-corrected chi connectivity index (χ4v) is 3.11. The van der Waals surface area contributed by atoms with Crippen LogP contribution in [-0.2, 0) is 6.54 Å². The van der Waals surface area contributed by atoms with Crippen LogP contribution in [0.5, 0.6) is 5.75 Å². The van der Waals surface area contributed by atoms with E-state index in [1.54, 1.807) is 18.2 Å². The van der Waals surface area contributed by atoms with Gasteiger partial charge in [-0.15, -0.1) is 0 Å². The average molecular weight is 387 g/mol. The predicted octanol–water partition coefficient (Wildman–Crippen LogP) is 2.38. The Hall–Kier alpha value is -3.36. The van der Waals surface area contributed by atoms with Crippen molar-refractivity contribution in [2.75, 3.05) is 38.2 Å². The first-order valence-electron chi connectivity index (χ1n) is 8.84. The van der Waals surface area contributed by atoms with E-state index < -0.39 is 4.92 Å². The summed E-state index contributed by atoms with van der Waals surface area (Å²) in [5, 5.41) is 11.0. The van der Waals surface area contributed by atoms with Crippen molar-refractivity contribution in [1.29, 1.82) is 0 Å². The maximum Gasteiger partial charge on any atom is 0.270 e. The van der Waals surface area contributed by atoms with Crippen LogP contribution in [0.15, 0.2) is 47.5 Å². The van der Waals surface area contributed by atoms with Gasteiger partial charge in [0.05, 0.1) is 18.6 Å². The molecular weight excluding hydrogens is 365 g/mol. The van der Waals surface area contributed by atoms with Gasteiger partial charge in [0.25, 0.3) is 5.69 Å². The highest BCUT2D eigenvalue weighted by Crippen LogP contribution is 2.24. The summed E-state index contributed by atoms with van der Waals surface area (Å²) in [6.45, 7) is 3.02. The minimum atomic E-state index is -0.454. The molecule has 2 aromatic carbocycles. The first-order chi connectivity index (χ1) is 13.5. The van der Waals surface area contributed by atoms with E-state index in [2.05, 4.69) is 9.89 Å². The van der Waals surface area contributed by atoms with E-state index in [-0.39, 0.29) is 18.0 Å². The van der Waals surface area contributed by atoms with E-state index in [0.717, 1.165) is 18.8 Å². The third-order valence-electron chi connectivity index (χ3n) is 4.68. The number of aliphatic imine (C=N–C) groups is 1. The van der Waals surface area contributed by atoms with Crippen molar-refractivity contribution in [3.63, 3.8) is 0 Å². The molecule has 3 rings (SSSR count). The summed E-state index contributed by atoms with van der Waals surface area (Å²) in [7, 11) is 1.51. The second kappa shape index (κ2) is 8.55. The number of nitrogens with zero attached hydrogens (tertiary/aromatic N) is 4. The second-order valence-corrected chi connectivity index (χ2v) is 6.38. The molecule has 9 heteroatoms. The van der Waals surface area contributed by atoms with Gasteiger partial charge < -0.3 is 20.3 Å². The Labute approximate surface area is 162 Å². The summed E-state index contributed by atoms with van der Waals surface area (Å²) in [5.74, 6) is 0.658. The van der Waals surface area contributed by atoms with Crippen LogP contribution >= 0.6 is 0 Å². The number of guanidine groups is 1. The molecule has 1 heterocycles. The molecule has 0 unspecified atom stereocenters. The van der Waals surface area contributed by atoms with Gasteiger partial charge in [-0.2, -0.15) is 0 Å². The molecule has 0 spiro atoms. The number of anilines is 1.